The zero-order valence-electron chi connectivity index (χ0n) is 12.0. The fraction of sp³-hybridized carbons (Fsp3) is 0.462. The van der Waals surface area contributed by atoms with E-state index in [2.05, 4.69) is 0 Å². The Kier molecular flexibility index (Phi) is 6.00. The Morgan fingerprint density at radius 3 is 2.57 bits per heavy atom. The molecule has 1 N–H and O–H groups in total. The second-order valence-electron chi connectivity index (χ2n) is 4.49. The van der Waals surface area contributed by atoms with E-state index in [0.29, 0.717) is 5.02 Å². The van der Waals surface area contributed by atoms with Crippen molar-refractivity contribution in [3.05, 3.63) is 23.2 Å². The topological polar surface area (TPSA) is 83.9 Å². The van der Waals surface area contributed by atoms with E-state index in [4.69, 9.17) is 21.4 Å². The van der Waals surface area contributed by atoms with Crippen molar-refractivity contribution < 1.29 is 23.1 Å². The SMILES string of the molecule is CCN(CC(C)C(=O)O)S(=O)(=O)c1ccc(Cl)cc1OC. The zero-order chi connectivity index (χ0) is 16.2. The van der Waals surface area contributed by atoms with Gasteiger partial charge < -0.3 is 9.84 Å². The van der Waals surface area contributed by atoms with E-state index in [0.717, 1.165) is 4.31 Å². The van der Waals surface area contributed by atoms with Gasteiger partial charge in [-0.1, -0.05) is 25.4 Å². The van der Waals surface area contributed by atoms with Crippen molar-refractivity contribution in [2.45, 2.75) is 18.7 Å². The van der Waals surface area contributed by atoms with E-state index in [-0.39, 0.29) is 23.7 Å². The molecule has 0 fully saturated rings. The lowest BCUT2D eigenvalue weighted by atomic mass is 10.2. The average molecular weight is 336 g/mol. The van der Waals surface area contributed by atoms with Crippen LogP contribution in [0.3, 0.4) is 0 Å². The maximum Gasteiger partial charge on any atom is 0.307 e. The Morgan fingerprint density at radius 2 is 2.10 bits per heavy atom. The highest BCUT2D eigenvalue weighted by molar-refractivity contribution is 7.89. The summed E-state index contributed by atoms with van der Waals surface area (Å²) < 4.78 is 31.4. The number of halogens is 1. The third kappa shape index (κ3) is 4.09. The number of rotatable bonds is 7. The molecule has 0 aliphatic carbocycles. The Labute approximate surface area is 129 Å². The highest BCUT2D eigenvalue weighted by Crippen LogP contribution is 2.29. The molecule has 0 aromatic heterocycles. The van der Waals surface area contributed by atoms with Gasteiger partial charge in [-0.2, -0.15) is 4.31 Å². The Balaban J connectivity index is 3.22. The molecule has 1 unspecified atom stereocenters. The highest BCUT2D eigenvalue weighted by atomic mass is 35.5. The van der Waals surface area contributed by atoms with Gasteiger partial charge in [-0.15, -0.1) is 0 Å². The van der Waals surface area contributed by atoms with Crippen LogP contribution in [0.15, 0.2) is 23.1 Å². The van der Waals surface area contributed by atoms with Crippen LogP contribution in [0, 0.1) is 5.92 Å². The molecule has 1 aromatic carbocycles. The Morgan fingerprint density at radius 1 is 1.48 bits per heavy atom. The van der Waals surface area contributed by atoms with Crippen LogP contribution in [0.5, 0.6) is 5.75 Å². The van der Waals surface area contributed by atoms with Crippen LogP contribution in [-0.2, 0) is 14.8 Å². The van der Waals surface area contributed by atoms with Gasteiger partial charge in [0, 0.05) is 24.2 Å². The lowest BCUT2D eigenvalue weighted by Crippen LogP contribution is -2.36. The number of methoxy groups -OCH3 is 1. The maximum absolute atomic E-state index is 12.6. The van der Waals surface area contributed by atoms with Crippen LogP contribution in [-0.4, -0.2) is 44.0 Å². The van der Waals surface area contributed by atoms with E-state index in [1.54, 1.807) is 6.92 Å². The molecule has 0 heterocycles. The van der Waals surface area contributed by atoms with Crippen molar-refractivity contribution in [1.82, 2.24) is 4.31 Å². The van der Waals surface area contributed by atoms with Crippen LogP contribution in [0.4, 0.5) is 0 Å². The smallest absolute Gasteiger partial charge is 0.307 e. The molecule has 0 amide bonds. The second kappa shape index (κ2) is 7.11. The minimum Gasteiger partial charge on any atom is -0.495 e. The number of sulfonamides is 1. The molecule has 0 spiro atoms. The Hall–Kier alpha value is -1.31. The first-order chi connectivity index (χ1) is 9.73. The normalized spacial score (nSPS) is 13.2. The summed E-state index contributed by atoms with van der Waals surface area (Å²) in [4.78, 5) is 10.9. The van der Waals surface area contributed by atoms with Gasteiger partial charge in [0.15, 0.2) is 0 Å². The number of ether oxygens (including phenoxy) is 1. The van der Waals surface area contributed by atoms with Gasteiger partial charge in [-0.3, -0.25) is 4.79 Å². The van der Waals surface area contributed by atoms with Crippen LogP contribution in [0.2, 0.25) is 5.02 Å². The largest absolute Gasteiger partial charge is 0.495 e. The van der Waals surface area contributed by atoms with E-state index < -0.39 is 21.9 Å². The standard InChI is InChI=1S/C13H18ClNO5S/c1-4-15(8-9(2)13(16)17)21(18,19)12-6-5-10(14)7-11(12)20-3/h5-7,9H,4,8H2,1-3H3,(H,16,17). The van der Waals surface area contributed by atoms with Crippen molar-refractivity contribution in [3.63, 3.8) is 0 Å². The fourth-order valence-corrected chi connectivity index (χ4v) is 3.61. The summed E-state index contributed by atoms with van der Waals surface area (Å²) in [5, 5.41) is 9.29. The fourth-order valence-electron chi connectivity index (χ4n) is 1.77. The minimum atomic E-state index is -3.85. The molecule has 21 heavy (non-hydrogen) atoms. The summed E-state index contributed by atoms with van der Waals surface area (Å²) in [6, 6.07) is 4.21. The van der Waals surface area contributed by atoms with Crippen molar-refractivity contribution in [1.29, 1.82) is 0 Å². The van der Waals surface area contributed by atoms with Crippen molar-refractivity contribution in [2.75, 3.05) is 20.2 Å². The number of aliphatic carboxylic acids is 1. The van der Waals surface area contributed by atoms with Crippen LogP contribution in [0.1, 0.15) is 13.8 Å². The van der Waals surface area contributed by atoms with Gasteiger partial charge >= 0.3 is 5.97 Å². The number of hydrogen-bond acceptors (Lipinski definition) is 4. The average Bonchev–Trinajstić information content (AvgIpc) is 2.43. The molecular formula is C13H18ClNO5S. The number of carbonyl (C=O) groups is 1. The molecule has 0 saturated carbocycles. The molecular weight excluding hydrogens is 318 g/mol. The predicted octanol–water partition coefficient (Wildman–Crippen LogP) is 2.08. The summed E-state index contributed by atoms with van der Waals surface area (Å²) in [6.07, 6.45) is 0. The molecule has 1 aromatic rings. The predicted molar refractivity (Wildman–Crippen MR) is 79.2 cm³/mol. The lowest BCUT2D eigenvalue weighted by Gasteiger charge is -2.23. The summed E-state index contributed by atoms with van der Waals surface area (Å²) in [5.74, 6) is -1.73. The molecule has 0 aliphatic rings. The van der Waals surface area contributed by atoms with E-state index in [1.807, 2.05) is 0 Å². The van der Waals surface area contributed by atoms with Gasteiger partial charge in [0.05, 0.1) is 13.0 Å². The summed E-state index contributed by atoms with van der Waals surface area (Å²) >= 11 is 5.82. The lowest BCUT2D eigenvalue weighted by molar-refractivity contribution is -0.141. The van der Waals surface area contributed by atoms with E-state index in [9.17, 15) is 13.2 Å². The second-order valence-corrected chi connectivity index (χ2v) is 6.83. The number of carboxylic acid groups (broad SMARTS) is 1. The van der Waals surface area contributed by atoms with Gasteiger partial charge in [0.2, 0.25) is 10.0 Å². The number of benzene rings is 1. The van der Waals surface area contributed by atoms with Gasteiger partial charge in [0.1, 0.15) is 10.6 Å². The number of carboxylic acids is 1. The van der Waals surface area contributed by atoms with Crippen molar-refractivity contribution >= 4 is 27.6 Å². The van der Waals surface area contributed by atoms with Gasteiger partial charge in [0.25, 0.3) is 0 Å². The summed E-state index contributed by atoms with van der Waals surface area (Å²) in [6.45, 7) is 3.15. The summed E-state index contributed by atoms with van der Waals surface area (Å²) in [5.41, 5.74) is 0. The first-order valence-corrected chi connectivity index (χ1v) is 8.12. The van der Waals surface area contributed by atoms with Gasteiger partial charge in [-0.25, -0.2) is 8.42 Å². The Bertz CT molecular complexity index is 617. The van der Waals surface area contributed by atoms with Crippen molar-refractivity contribution in [2.24, 2.45) is 5.92 Å². The molecule has 118 valence electrons. The van der Waals surface area contributed by atoms with E-state index in [1.165, 1.54) is 32.2 Å². The highest BCUT2D eigenvalue weighted by Gasteiger charge is 2.29. The molecule has 0 saturated heterocycles. The monoisotopic (exact) mass is 335 g/mol. The quantitative estimate of drug-likeness (QED) is 0.824. The van der Waals surface area contributed by atoms with Crippen LogP contribution < -0.4 is 4.74 Å². The molecule has 1 rings (SSSR count). The maximum atomic E-state index is 12.6. The number of hydrogen-bond donors (Lipinski definition) is 1. The molecule has 0 radical (unpaired) electrons. The van der Waals surface area contributed by atoms with Crippen LogP contribution in [0.25, 0.3) is 0 Å². The van der Waals surface area contributed by atoms with Crippen molar-refractivity contribution in [3.8, 4) is 5.75 Å². The first-order valence-electron chi connectivity index (χ1n) is 6.30. The first kappa shape index (κ1) is 17.7. The van der Waals surface area contributed by atoms with Gasteiger partial charge in [-0.05, 0) is 12.1 Å². The zero-order valence-corrected chi connectivity index (χ0v) is 13.6. The molecule has 1 atom stereocenters. The summed E-state index contributed by atoms with van der Waals surface area (Å²) in [7, 11) is -2.50. The molecule has 0 bridgehead atoms. The molecule has 8 heteroatoms. The number of nitrogens with zero attached hydrogens (tertiary/aromatic N) is 1. The third-order valence-corrected chi connectivity index (χ3v) is 5.21. The third-order valence-electron chi connectivity index (χ3n) is 3.00. The minimum absolute atomic E-state index is 0.0335. The molecule has 6 nitrogen and oxygen atoms in total. The van der Waals surface area contributed by atoms with E-state index >= 15 is 0 Å². The molecule has 0 aliphatic heterocycles. The van der Waals surface area contributed by atoms with Crippen LogP contribution >= 0.6 is 11.6 Å².